The molecular formula is C24H26N2O6S. The molecule has 0 spiro atoms. The summed E-state index contributed by atoms with van der Waals surface area (Å²) >= 11 is 0. The maximum absolute atomic E-state index is 13.2. The van der Waals surface area contributed by atoms with Gasteiger partial charge in [0.05, 0.1) is 29.0 Å². The van der Waals surface area contributed by atoms with Gasteiger partial charge in [0.1, 0.15) is 13.2 Å². The number of rotatable bonds is 5. The summed E-state index contributed by atoms with van der Waals surface area (Å²) in [6, 6.07) is 9.88. The number of aryl methyl sites for hydroxylation is 1. The van der Waals surface area contributed by atoms with E-state index in [2.05, 4.69) is 4.72 Å². The highest BCUT2D eigenvalue weighted by molar-refractivity contribution is 7.92. The molecule has 5 rings (SSSR count). The molecule has 2 aromatic rings. The molecule has 2 amide bonds. The number of sulfonamides is 1. The summed E-state index contributed by atoms with van der Waals surface area (Å²) in [5, 5.41) is 0. The second-order valence-electron chi connectivity index (χ2n) is 8.82. The molecule has 2 aromatic carbocycles. The van der Waals surface area contributed by atoms with Crippen LogP contribution in [0.4, 0.5) is 5.69 Å². The van der Waals surface area contributed by atoms with Crippen LogP contribution in [0.2, 0.25) is 0 Å². The Morgan fingerprint density at radius 1 is 0.939 bits per heavy atom. The number of hydrogen-bond donors (Lipinski definition) is 1. The summed E-state index contributed by atoms with van der Waals surface area (Å²) < 4.78 is 40.0. The molecule has 33 heavy (non-hydrogen) atoms. The average Bonchev–Trinajstić information content (AvgIpc) is 3.05. The number of nitrogens with zero attached hydrogens (tertiary/aromatic N) is 1. The molecule has 2 aliphatic heterocycles. The van der Waals surface area contributed by atoms with Gasteiger partial charge in [0, 0.05) is 6.07 Å². The third-order valence-corrected chi connectivity index (χ3v) is 8.13. The third kappa shape index (κ3) is 4.06. The number of hydrogen-bond acceptors (Lipinski definition) is 6. The van der Waals surface area contributed by atoms with Crippen molar-refractivity contribution >= 4 is 27.5 Å². The molecule has 0 unspecified atom stereocenters. The normalized spacial score (nSPS) is 22.3. The SMILES string of the molecule is Cc1ccc(CN2C(=O)[C@H]3CCCC[C@H]3C2=O)cc1S(=O)(=O)Nc1ccc2c(c1)OCCO2. The molecular weight excluding hydrogens is 444 g/mol. The van der Waals surface area contributed by atoms with Gasteiger partial charge in [-0.25, -0.2) is 8.42 Å². The summed E-state index contributed by atoms with van der Waals surface area (Å²) in [4.78, 5) is 27.0. The van der Waals surface area contributed by atoms with Gasteiger partial charge in [0.25, 0.3) is 10.0 Å². The first-order chi connectivity index (χ1) is 15.8. The molecule has 3 aliphatic rings. The monoisotopic (exact) mass is 470 g/mol. The number of amides is 2. The molecule has 1 saturated heterocycles. The molecule has 0 bridgehead atoms. The molecule has 2 atom stereocenters. The molecule has 1 N–H and O–H groups in total. The van der Waals surface area contributed by atoms with E-state index in [4.69, 9.17) is 9.47 Å². The van der Waals surface area contributed by atoms with E-state index in [9.17, 15) is 18.0 Å². The van der Waals surface area contributed by atoms with E-state index in [1.807, 2.05) is 0 Å². The summed E-state index contributed by atoms with van der Waals surface area (Å²) in [6.07, 6.45) is 3.43. The van der Waals surface area contributed by atoms with Crippen molar-refractivity contribution in [3.63, 3.8) is 0 Å². The molecule has 2 heterocycles. The number of anilines is 1. The third-order valence-electron chi connectivity index (χ3n) is 6.61. The van der Waals surface area contributed by atoms with E-state index >= 15 is 0 Å². The van der Waals surface area contributed by atoms with Crippen LogP contribution in [0.25, 0.3) is 0 Å². The first kappa shape index (κ1) is 21.8. The lowest BCUT2D eigenvalue weighted by Gasteiger charge is -2.19. The zero-order valence-corrected chi connectivity index (χ0v) is 19.2. The van der Waals surface area contributed by atoms with Gasteiger partial charge < -0.3 is 9.47 Å². The van der Waals surface area contributed by atoms with Gasteiger partial charge in [-0.05, 0) is 49.1 Å². The minimum atomic E-state index is -3.91. The maximum atomic E-state index is 13.2. The Morgan fingerprint density at radius 3 is 2.30 bits per heavy atom. The second-order valence-corrected chi connectivity index (χ2v) is 10.5. The van der Waals surface area contributed by atoms with Crippen molar-refractivity contribution < 1.29 is 27.5 Å². The number of likely N-dealkylation sites (tertiary alicyclic amines) is 1. The summed E-state index contributed by atoms with van der Waals surface area (Å²) in [7, 11) is -3.91. The fourth-order valence-electron chi connectivity index (χ4n) is 4.92. The Kier molecular flexibility index (Phi) is 5.52. The maximum Gasteiger partial charge on any atom is 0.262 e. The van der Waals surface area contributed by atoms with E-state index in [-0.39, 0.29) is 35.1 Å². The van der Waals surface area contributed by atoms with Gasteiger partial charge in [0.2, 0.25) is 11.8 Å². The van der Waals surface area contributed by atoms with E-state index in [1.165, 1.54) is 11.0 Å². The summed E-state index contributed by atoms with van der Waals surface area (Å²) in [6.45, 7) is 2.65. The number of ether oxygens (including phenoxy) is 2. The first-order valence-electron chi connectivity index (χ1n) is 11.2. The largest absolute Gasteiger partial charge is 0.486 e. The quantitative estimate of drug-likeness (QED) is 0.673. The summed E-state index contributed by atoms with van der Waals surface area (Å²) in [5.74, 6) is 0.337. The highest BCUT2D eigenvalue weighted by Crippen LogP contribution is 2.39. The van der Waals surface area contributed by atoms with Crippen LogP contribution >= 0.6 is 0 Å². The molecule has 0 aromatic heterocycles. The van der Waals surface area contributed by atoms with Crippen LogP contribution < -0.4 is 14.2 Å². The smallest absolute Gasteiger partial charge is 0.262 e. The topological polar surface area (TPSA) is 102 Å². The number of nitrogens with one attached hydrogen (secondary N) is 1. The van der Waals surface area contributed by atoms with Crippen LogP contribution in [0.1, 0.15) is 36.8 Å². The number of fused-ring (bicyclic) bond motifs is 2. The Balaban J connectivity index is 1.38. The van der Waals surface area contributed by atoms with Crippen molar-refractivity contribution in [1.29, 1.82) is 0 Å². The minimum absolute atomic E-state index is 0.0808. The van der Waals surface area contributed by atoms with E-state index in [0.717, 1.165) is 25.7 Å². The number of carbonyl (C=O) groups excluding carboxylic acids is 2. The summed E-state index contributed by atoms with van der Waals surface area (Å²) in [5.41, 5.74) is 1.53. The first-order valence-corrected chi connectivity index (χ1v) is 12.7. The fourth-order valence-corrected chi connectivity index (χ4v) is 6.26. The Morgan fingerprint density at radius 2 is 1.61 bits per heavy atom. The number of carbonyl (C=O) groups is 2. The predicted molar refractivity (Wildman–Crippen MR) is 120 cm³/mol. The van der Waals surface area contributed by atoms with Gasteiger partial charge in [0.15, 0.2) is 11.5 Å². The van der Waals surface area contributed by atoms with Gasteiger partial charge in [-0.15, -0.1) is 0 Å². The van der Waals surface area contributed by atoms with Crippen molar-refractivity contribution in [3.8, 4) is 11.5 Å². The lowest BCUT2D eigenvalue weighted by Crippen LogP contribution is -2.30. The van der Waals surface area contributed by atoms with E-state index in [1.54, 1.807) is 37.3 Å². The van der Waals surface area contributed by atoms with Crippen LogP contribution in [0.15, 0.2) is 41.3 Å². The van der Waals surface area contributed by atoms with Gasteiger partial charge in [-0.1, -0.05) is 25.0 Å². The molecule has 174 valence electrons. The predicted octanol–water partition coefficient (Wildman–Crippen LogP) is 3.24. The van der Waals surface area contributed by atoms with Crippen LogP contribution in [0.3, 0.4) is 0 Å². The highest BCUT2D eigenvalue weighted by Gasteiger charge is 2.47. The minimum Gasteiger partial charge on any atom is -0.486 e. The van der Waals surface area contributed by atoms with Crippen molar-refractivity contribution in [3.05, 3.63) is 47.5 Å². The Hall–Kier alpha value is -3.07. The van der Waals surface area contributed by atoms with Crippen LogP contribution in [-0.4, -0.2) is 38.3 Å². The zero-order valence-electron chi connectivity index (χ0n) is 18.4. The van der Waals surface area contributed by atoms with Crippen LogP contribution in [-0.2, 0) is 26.2 Å². The molecule has 2 fully saturated rings. The van der Waals surface area contributed by atoms with E-state index < -0.39 is 10.0 Å². The molecule has 1 saturated carbocycles. The molecule has 0 radical (unpaired) electrons. The van der Waals surface area contributed by atoms with Crippen molar-refractivity contribution in [1.82, 2.24) is 4.90 Å². The molecule has 8 nitrogen and oxygen atoms in total. The fraction of sp³-hybridized carbons (Fsp3) is 0.417. The van der Waals surface area contributed by atoms with Crippen molar-refractivity contribution in [2.75, 3.05) is 17.9 Å². The lowest BCUT2D eigenvalue weighted by molar-refractivity contribution is -0.140. The van der Waals surface area contributed by atoms with Gasteiger partial charge in [-0.3, -0.25) is 19.2 Å². The van der Waals surface area contributed by atoms with Crippen LogP contribution in [0, 0.1) is 18.8 Å². The number of benzene rings is 2. The highest BCUT2D eigenvalue weighted by atomic mass is 32.2. The second kappa shape index (κ2) is 8.37. The van der Waals surface area contributed by atoms with Crippen LogP contribution in [0.5, 0.6) is 11.5 Å². The number of imide groups is 1. The van der Waals surface area contributed by atoms with Gasteiger partial charge in [-0.2, -0.15) is 0 Å². The average molecular weight is 471 g/mol. The lowest BCUT2D eigenvalue weighted by atomic mass is 9.81. The van der Waals surface area contributed by atoms with Gasteiger partial charge >= 0.3 is 0 Å². The Labute approximate surface area is 192 Å². The Bertz CT molecular complexity index is 1200. The van der Waals surface area contributed by atoms with Crippen molar-refractivity contribution in [2.45, 2.75) is 44.0 Å². The zero-order chi connectivity index (χ0) is 23.2. The standard InChI is InChI=1S/C24H26N2O6S/c1-15-6-7-16(14-26-23(27)18-4-2-3-5-19(18)24(26)28)12-22(15)33(29,30)25-17-8-9-20-21(13-17)32-11-10-31-20/h6-9,12-13,18-19,25H,2-5,10-11,14H2,1H3/t18-,19+. The molecule has 9 heteroatoms. The van der Waals surface area contributed by atoms with Crippen molar-refractivity contribution in [2.24, 2.45) is 11.8 Å². The molecule has 1 aliphatic carbocycles. The van der Waals surface area contributed by atoms with E-state index in [0.29, 0.717) is 41.5 Å².